The van der Waals surface area contributed by atoms with Gasteiger partial charge < -0.3 is 70.7 Å². The van der Waals surface area contributed by atoms with E-state index >= 15 is 0 Å². The number of pyridine rings is 3. The number of alkyl halides is 1. The summed E-state index contributed by atoms with van der Waals surface area (Å²) < 4.78 is 28.5. The largest absolute Gasteiger partial charge is 1.00 e. The first-order valence-electron chi connectivity index (χ1n) is 18.0. The summed E-state index contributed by atoms with van der Waals surface area (Å²) in [7, 11) is 6.20. The second-order valence-electron chi connectivity index (χ2n) is 11.7. The Bertz CT molecular complexity index is 2720. The van der Waals surface area contributed by atoms with Crippen molar-refractivity contribution in [3.8, 4) is 23.0 Å². The smallest absolute Gasteiger partial charge is 0.813 e. The molecule has 5 N–H and O–H groups in total. The van der Waals surface area contributed by atoms with Crippen LogP contribution in [0.5, 0.6) is 23.0 Å². The van der Waals surface area contributed by atoms with E-state index in [9.17, 15) is 9.59 Å². The van der Waals surface area contributed by atoms with E-state index in [-0.39, 0.29) is 88.3 Å². The normalized spacial score (nSPS) is 9.64. The number of carbonyl (C=O) groups is 2. The molecule has 0 unspecified atom stereocenters. The fourth-order valence-electron chi connectivity index (χ4n) is 4.50. The summed E-state index contributed by atoms with van der Waals surface area (Å²) in [5.74, 6) is 2.12. The van der Waals surface area contributed by atoms with E-state index in [2.05, 4.69) is 58.1 Å². The van der Waals surface area contributed by atoms with Crippen LogP contribution in [0.2, 0.25) is 20.5 Å². The van der Waals surface area contributed by atoms with Crippen LogP contribution in [-0.4, -0.2) is 89.0 Å². The van der Waals surface area contributed by atoms with Gasteiger partial charge in [-0.25, -0.2) is 25.5 Å². The predicted molar refractivity (Wildman–Crippen MR) is 282 cm³/mol. The molecular weight excluding hydrogens is 1110 g/mol. The van der Waals surface area contributed by atoms with Crippen LogP contribution in [0.4, 0.5) is 17.1 Å². The number of hydrogen-bond acceptors (Lipinski definition) is 18. The standard InChI is InChI=1S/C16H14ClN3O3S2.C10H12ClNO3.C6H3ClN2S2.C5H4Cl2N2.C3H5OS.K.H2S/c1-22-11-4-3-9(5-12(11)23-2)19-15(21)8-24-16-20-10-7-18-14(17)6-13(10)25-16;1-14-8-4-3-7(5-9(8)15-2)12-10(13)6-11;7-5-1-4-3(2-8-5)9-6(10)11-4;6-3-1-5(7)9-2-4(3)8;1-2-4-3-5;;/h3-7H,8H2,1-2H3,(H,19,21);3-5H,6H2,1-2H3,(H,12,13);1-2H,(H,9,10);1-2H,8H2;2H2,1H3;;1H2/q;;;;-1;+1;/p-1. The number of aromatic nitrogens is 5. The summed E-state index contributed by atoms with van der Waals surface area (Å²) in [5, 5.41) is 7.17. The summed E-state index contributed by atoms with van der Waals surface area (Å²) in [5.41, 5.74) is 10.9. The van der Waals surface area contributed by atoms with Crippen LogP contribution < -0.4 is 86.7 Å². The Morgan fingerprint density at radius 1 is 0.776 bits per heavy atom. The van der Waals surface area contributed by atoms with Crippen molar-refractivity contribution in [3.63, 3.8) is 0 Å². The van der Waals surface area contributed by atoms with E-state index in [1.807, 2.05) is 6.92 Å². The van der Waals surface area contributed by atoms with Crippen LogP contribution in [0.25, 0.3) is 20.4 Å². The monoisotopic (exact) mass is 1150 g/mol. The molecule has 0 aliphatic rings. The molecule has 0 saturated carbocycles. The maximum atomic E-state index is 12.1. The van der Waals surface area contributed by atoms with E-state index in [4.69, 9.17) is 94.9 Å². The van der Waals surface area contributed by atoms with Crippen LogP contribution in [-0.2, 0) is 27.8 Å². The van der Waals surface area contributed by atoms with Gasteiger partial charge >= 0.3 is 51.4 Å². The number of thiocarbonyl (C=S) groups is 1. The Balaban J connectivity index is 0.000000457. The molecule has 2 amide bonds. The Hall–Kier alpha value is -2.49. The van der Waals surface area contributed by atoms with Gasteiger partial charge in [-0.05, 0) is 61.6 Å². The molecule has 0 spiro atoms. The molecule has 7 aromatic rings. The zero-order chi connectivity index (χ0) is 47.9. The van der Waals surface area contributed by atoms with E-state index in [1.165, 1.54) is 53.8 Å². The van der Waals surface area contributed by atoms with Crippen molar-refractivity contribution in [3.05, 3.63) is 97.6 Å². The third-order valence-corrected chi connectivity index (χ3v) is 12.0. The second kappa shape index (κ2) is 33.9. The van der Waals surface area contributed by atoms with Gasteiger partial charge in [-0.2, -0.15) is 0 Å². The van der Waals surface area contributed by atoms with Crippen molar-refractivity contribution in [1.29, 1.82) is 0 Å². The number of nitrogen functional groups attached to an aromatic ring is 1. The van der Waals surface area contributed by atoms with E-state index in [1.54, 1.807) is 82.3 Å². The molecule has 354 valence electrons. The minimum atomic E-state index is -0.260. The Labute approximate surface area is 483 Å². The first-order chi connectivity index (χ1) is 31.2. The topological polar surface area (TPSA) is 198 Å². The Morgan fingerprint density at radius 2 is 1.30 bits per heavy atom. The van der Waals surface area contributed by atoms with E-state index in [0.717, 1.165) is 28.7 Å². The van der Waals surface area contributed by atoms with Gasteiger partial charge in [-0.15, -0.1) is 34.3 Å². The molecule has 0 aliphatic carbocycles. The average molecular weight is 1150 g/mol. The number of carbonyl (C=O) groups excluding carboxylic acids is 2. The average Bonchev–Trinajstić information content (AvgIpc) is 3.89. The number of benzene rings is 2. The number of ether oxygens (including phenoxy) is 5. The predicted octanol–water partition coefficient (Wildman–Crippen LogP) is 8.54. The number of hydrogen-bond donors (Lipinski definition) is 4. The number of thiol groups is 1. The molecule has 7 rings (SSSR count). The number of nitrogens with zero attached hydrogens (tertiary/aromatic N) is 4. The fourth-order valence-corrected chi connectivity index (χ4v) is 8.50. The van der Waals surface area contributed by atoms with Crippen molar-refractivity contribution in [2.24, 2.45) is 0 Å². The molecule has 0 bridgehead atoms. The number of anilines is 3. The number of thiazole rings is 2. The maximum absolute atomic E-state index is 12.1. The summed E-state index contributed by atoms with van der Waals surface area (Å²) >= 11 is 41.4. The van der Waals surface area contributed by atoms with Gasteiger partial charge in [0.15, 0.2) is 31.3 Å². The number of nitrogens with one attached hydrogen (secondary N) is 3. The van der Waals surface area contributed by atoms with Crippen molar-refractivity contribution in [1.82, 2.24) is 24.9 Å². The minimum Gasteiger partial charge on any atom is -0.813 e. The number of halogens is 5. The molecule has 0 fully saturated rings. The zero-order valence-electron chi connectivity index (χ0n) is 36.2. The molecule has 2 aromatic carbocycles. The summed E-state index contributed by atoms with van der Waals surface area (Å²) in [6, 6.07) is 15.4. The number of H-pyrrole nitrogens is 1. The van der Waals surface area contributed by atoms with Gasteiger partial charge in [-0.3, -0.25) is 9.59 Å². The molecule has 15 nitrogen and oxygen atoms in total. The minimum absolute atomic E-state index is 0. The van der Waals surface area contributed by atoms with E-state index in [0.29, 0.717) is 67.1 Å². The molecule has 0 atom stereocenters. The third-order valence-electron chi connectivity index (χ3n) is 7.33. The number of rotatable bonds is 12. The molecule has 67 heavy (non-hydrogen) atoms. The van der Waals surface area contributed by atoms with Crippen LogP contribution in [0.1, 0.15) is 6.92 Å². The number of fused-ring (bicyclic) bond motifs is 2. The molecule has 0 aliphatic heterocycles. The van der Waals surface area contributed by atoms with Gasteiger partial charge in [0.05, 0.1) is 78.4 Å². The maximum Gasteiger partial charge on any atom is 1.00 e. The van der Waals surface area contributed by atoms with Crippen molar-refractivity contribution in [2.75, 3.05) is 63.0 Å². The Morgan fingerprint density at radius 3 is 1.79 bits per heavy atom. The first kappa shape index (κ1) is 62.5. The first-order valence-corrected chi connectivity index (χ1v) is 23.5. The van der Waals surface area contributed by atoms with Crippen LogP contribution in [0.3, 0.4) is 0 Å². The zero-order valence-corrected chi connectivity index (χ0v) is 48.0. The molecule has 0 saturated heterocycles. The Kier molecular flexibility index (Phi) is 31.7. The fraction of sp³-hybridized carbons (Fsp3) is 0.200. The molecule has 27 heteroatoms. The SMILES string of the molecule is CCO[C-]=S.COc1ccc(NC(=O)CCl)cc1OC.COc1ccc(NC(=O)CSc2nc3cnc(Cl)cc3s2)cc1OC.Nc1cnc(Cl)cc1Cl.S=c1[nH]c2cnc(Cl)cc2s1.[K+].[SH-]. The van der Waals surface area contributed by atoms with Crippen molar-refractivity contribution in [2.45, 2.75) is 11.3 Å². The van der Waals surface area contributed by atoms with Crippen LogP contribution in [0.15, 0.2) is 77.5 Å². The van der Waals surface area contributed by atoms with Gasteiger partial charge in [0.25, 0.3) is 0 Å². The molecule has 5 aromatic heterocycles. The second-order valence-corrected chi connectivity index (χ2v) is 17.7. The van der Waals surface area contributed by atoms with E-state index < -0.39 is 0 Å². The van der Waals surface area contributed by atoms with Gasteiger partial charge in [0, 0.05) is 30.1 Å². The van der Waals surface area contributed by atoms with Crippen molar-refractivity contribution < 1.29 is 84.7 Å². The van der Waals surface area contributed by atoms with Crippen LogP contribution in [0, 0.1) is 3.95 Å². The number of aromatic amines is 1. The molecule has 5 heterocycles. The summed E-state index contributed by atoms with van der Waals surface area (Å²) in [6.07, 6.45) is 4.73. The number of methoxy groups -OCH3 is 4. The summed E-state index contributed by atoms with van der Waals surface area (Å²) in [4.78, 5) is 42.2. The quantitative estimate of drug-likeness (QED) is 0.0133. The number of amides is 2. The number of thioether (sulfide) groups is 1. The van der Waals surface area contributed by atoms with Gasteiger partial charge in [0.2, 0.25) is 11.8 Å². The van der Waals surface area contributed by atoms with Crippen molar-refractivity contribution >= 4 is 185 Å². The third kappa shape index (κ3) is 22.4. The van der Waals surface area contributed by atoms with Crippen LogP contribution >= 0.6 is 117 Å². The van der Waals surface area contributed by atoms with Gasteiger partial charge in [0.1, 0.15) is 26.9 Å². The number of nitrogens with two attached hydrogens (primary N) is 1. The molecule has 0 radical (unpaired) electrons. The molecular formula is C40H39Cl5KN8O7S6-. The summed E-state index contributed by atoms with van der Waals surface area (Å²) in [6.45, 7) is 2.49. The van der Waals surface area contributed by atoms with Gasteiger partial charge in [-0.1, -0.05) is 58.2 Å².